The molecule has 1 aromatic carbocycles. The summed E-state index contributed by atoms with van der Waals surface area (Å²) in [5.41, 5.74) is -0.391. The van der Waals surface area contributed by atoms with Crippen molar-refractivity contribution in [3.05, 3.63) is 35.9 Å². The SMILES string of the molecule is CCCCOC(=O)C(C)(Cc1ccccc1)C(=O)OCCCC. The summed E-state index contributed by atoms with van der Waals surface area (Å²) in [5, 5.41) is 0. The third-order valence-corrected chi connectivity index (χ3v) is 3.76. The molecule has 0 aliphatic carbocycles. The number of hydrogen-bond acceptors (Lipinski definition) is 4. The molecular weight excluding hydrogens is 292 g/mol. The largest absolute Gasteiger partial charge is 0.465 e. The van der Waals surface area contributed by atoms with Crippen LogP contribution in [0, 0.1) is 5.41 Å². The summed E-state index contributed by atoms with van der Waals surface area (Å²) in [6, 6.07) is 9.48. The van der Waals surface area contributed by atoms with E-state index in [9.17, 15) is 9.59 Å². The van der Waals surface area contributed by atoms with Crippen LogP contribution in [-0.2, 0) is 25.5 Å². The first kappa shape index (κ1) is 19.2. The van der Waals surface area contributed by atoms with Gasteiger partial charge < -0.3 is 9.47 Å². The van der Waals surface area contributed by atoms with E-state index in [1.807, 2.05) is 44.2 Å². The number of esters is 2. The van der Waals surface area contributed by atoms with E-state index in [0.717, 1.165) is 31.2 Å². The first-order valence-electron chi connectivity index (χ1n) is 8.43. The van der Waals surface area contributed by atoms with E-state index in [4.69, 9.17) is 9.47 Å². The van der Waals surface area contributed by atoms with E-state index in [2.05, 4.69) is 0 Å². The Bertz CT molecular complexity index is 459. The Morgan fingerprint density at radius 3 is 1.83 bits per heavy atom. The van der Waals surface area contributed by atoms with Gasteiger partial charge in [-0.2, -0.15) is 0 Å². The minimum atomic E-state index is -1.30. The first-order valence-corrected chi connectivity index (χ1v) is 8.43. The fraction of sp³-hybridized carbons (Fsp3) is 0.579. The number of ether oxygens (including phenoxy) is 2. The number of benzene rings is 1. The second-order valence-electron chi connectivity index (χ2n) is 5.97. The molecule has 0 saturated heterocycles. The van der Waals surface area contributed by atoms with Crippen molar-refractivity contribution in [2.75, 3.05) is 13.2 Å². The molecule has 1 rings (SSSR count). The number of unbranched alkanes of at least 4 members (excludes halogenated alkanes) is 2. The monoisotopic (exact) mass is 320 g/mol. The molecule has 0 unspecified atom stereocenters. The van der Waals surface area contributed by atoms with Gasteiger partial charge in [-0.15, -0.1) is 0 Å². The maximum Gasteiger partial charge on any atom is 0.323 e. The van der Waals surface area contributed by atoms with Crippen molar-refractivity contribution in [1.29, 1.82) is 0 Å². The van der Waals surface area contributed by atoms with Gasteiger partial charge in [0.15, 0.2) is 5.41 Å². The molecule has 4 nitrogen and oxygen atoms in total. The molecule has 0 bridgehead atoms. The van der Waals surface area contributed by atoms with Gasteiger partial charge >= 0.3 is 11.9 Å². The molecule has 0 saturated carbocycles. The summed E-state index contributed by atoms with van der Waals surface area (Å²) in [5.74, 6) is -1.01. The first-order chi connectivity index (χ1) is 11.0. The molecule has 0 amide bonds. The van der Waals surface area contributed by atoms with Crippen LogP contribution in [0.25, 0.3) is 0 Å². The molecule has 1 aromatic rings. The van der Waals surface area contributed by atoms with Crippen molar-refractivity contribution in [2.24, 2.45) is 5.41 Å². The predicted octanol–water partition coefficient (Wildman–Crippen LogP) is 3.92. The van der Waals surface area contributed by atoms with Crippen LogP contribution in [0.4, 0.5) is 0 Å². The van der Waals surface area contributed by atoms with Crippen LogP contribution in [-0.4, -0.2) is 25.2 Å². The summed E-state index contributed by atoms with van der Waals surface area (Å²) >= 11 is 0. The van der Waals surface area contributed by atoms with Crippen molar-refractivity contribution in [3.63, 3.8) is 0 Å². The lowest BCUT2D eigenvalue weighted by molar-refractivity contribution is -0.171. The zero-order valence-corrected chi connectivity index (χ0v) is 14.5. The van der Waals surface area contributed by atoms with Crippen LogP contribution in [0.3, 0.4) is 0 Å². The van der Waals surface area contributed by atoms with Crippen LogP contribution < -0.4 is 0 Å². The van der Waals surface area contributed by atoms with Crippen molar-refractivity contribution < 1.29 is 19.1 Å². The summed E-state index contributed by atoms with van der Waals surface area (Å²) in [4.78, 5) is 25.0. The summed E-state index contributed by atoms with van der Waals surface area (Å²) in [6.45, 7) is 6.33. The lowest BCUT2D eigenvalue weighted by Gasteiger charge is -2.25. The highest BCUT2D eigenvalue weighted by atomic mass is 16.6. The number of carbonyl (C=O) groups is 2. The third kappa shape index (κ3) is 6.05. The van der Waals surface area contributed by atoms with Gasteiger partial charge in [-0.1, -0.05) is 57.0 Å². The summed E-state index contributed by atoms with van der Waals surface area (Å²) in [6.07, 6.45) is 3.73. The molecule has 0 N–H and O–H groups in total. The van der Waals surface area contributed by atoms with Gasteiger partial charge in [0.05, 0.1) is 13.2 Å². The van der Waals surface area contributed by atoms with Gasteiger partial charge in [-0.25, -0.2) is 0 Å². The third-order valence-electron chi connectivity index (χ3n) is 3.76. The van der Waals surface area contributed by atoms with Crippen LogP contribution in [0.1, 0.15) is 52.0 Å². The average Bonchev–Trinajstić information content (AvgIpc) is 2.55. The van der Waals surface area contributed by atoms with Gasteiger partial charge in [0.1, 0.15) is 0 Å². The Balaban J connectivity index is 2.84. The molecule has 0 aliphatic rings. The maximum absolute atomic E-state index is 12.5. The van der Waals surface area contributed by atoms with E-state index in [1.165, 1.54) is 0 Å². The van der Waals surface area contributed by atoms with Crippen LogP contribution >= 0.6 is 0 Å². The second kappa shape index (κ2) is 10.0. The van der Waals surface area contributed by atoms with Gasteiger partial charge in [-0.3, -0.25) is 9.59 Å². The predicted molar refractivity (Wildman–Crippen MR) is 90.0 cm³/mol. The molecule has 0 heterocycles. The zero-order chi connectivity index (χ0) is 17.1. The van der Waals surface area contributed by atoms with Gasteiger partial charge in [0.25, 0.3) is 0 Å². The topological polar surface area (TPSA) is 52.6 Å². The molecule has 0 radical (unpaired) electrons. The van der Waals surface area contributed by atoms with Gasteiger partial charge in [0.2, 0.25) is 0 Å². The Kier molecular flexibility index (Phi) is 8.38. The van der Waals surface area contributed by atoms with Gasteiger partial charge in [0, 0.05) is 0 Å². The van der Waals surface area contributed by atoms with Gasteiger partial charge in [-0.05, 0) is 31.7 Å². The van der Waals surface area contributed by atoms with Crippen LogP contribution in [0.15, 0.2) is 30.3 Å². The smallest absolute Gasteiger partial charge is 0.323 e. The molecule has 0 fully saturated rings. The quantitative estimate of drug-likeness (QED) is 0.372. The molecule has 0 spiro atoms. The average molecular weight is 320 g/mol. The van der Waals surface area contributed by atoms with Crippen molar-refractivity contribution in [1.82, 2.24) is 0 Å². The highest BCUT2D eigenvalue weighted by molar-refractivity contribution is 5.99. The van der Waals surface area contributed by atoms with Crippen molar-refractivity contribution in [2.45, 2.75) is 52.9 Å². The van der Waals surface area contributed by atoms with Crippen LogP contribution in [0.5, 0.6) is 0 Å². The zero-order valence-electron chi connectivity index (χ0n) is 14.5. The minimum absolute atomic E-state index is 0.282. The highest BCUT2D eigenvalue weighted by Crippen LogP contribution is 2.27. The number of rotatable bonds is 10. The van der Waals surface area contributed by atoms with Crippen LogP contribution in [0.2, 0.25) is 0 Å². The Morgan fingerprint density at radius 2 is 1.39 bits per heavy atom. The standard InChI is InChI=1S/C19H28O4/c1-4-6-13-22-17(20)19(3,18(21)23-14-7-5-2)15-16-11-9-8-10-12-16/h8-12H,4-7,13-15H2,1-3H3. The minimum Gasteiger partial charge on any atom is -0.465 e. The van der Waals surface area contributed by atoms with E-state index in [1.54, 1.807) is 6.92 Å². The van der Waals surface area contributed by atoms with E-state index < -0.39 is 17.4 Å². The molecule has 0 atom stereocenters. The molecule has 0 aromatic heterocycles. The summed E-state index contributed by atoms with van der Waals surface area (Å²) < 4.78 is 10.6. The lowest BCUT2D eigenvalue weighted by Crippen LogP contribution is -2.41. The van der Waals surface area contributed by atoms with E-state index >= 15 is 0 Å². The highest BCUT2D eigenvalue weighted by Gasteiger charge is 2.44. The normalized spacial score (nSPS) is 11.1. The Morgan fingerprint density at radius 1 is 0.913 bits per heavy atom. The number of carbonyl (C=O) groups excluding carboxylic acids is 2. The van der Waals surface area contributed by atoms with Crippen molar-refractivity contribution >= 4 is 11.9 Å². The fourth-order valence-electron chi connectivity index (χ4n) is 2.17. The number of hydrogen-bond donors (Lipinski definition) is 0. The molecule has 23 heavy (non-hydrogen) atoms. The summed E-state index contributed by atoms with van der Waals surface area (Å²) in [7, 11) is 0. The Hall–Kier alpha value is -1.84. The van der Waals surface area contributed by atoms with Crippen molar-refractivity contribution in [3.8, 4) is 0 Å². The van der Waals surface area contributed by atoms with E-state index in [-0.39, 0.29) is 6.42 Å². The fourth-order valence-corrected chi connectivity index (χ4v) is 2.17. The van der Waals surface area contributed by atoms with E-state index in [0.29, 0.717) is 13.2 Å². The Labute approximate surface area is 139 Å². The molecular formula is C19H28O4. The second-order valence-corrected chi connectivity index (χ2v) is 5.97. The lowest BCUT2D eigenvalue weighted by atomic mass is 9.83. The molecule has 0 aliphatic heterocycles. The maximum atomic E-state index is 12.5. The molecule has 4 heteroatoms. The molecule has 128 valence electrons.